The number of hydrogen-bond acceptors (Lipinski definition) is 4. The fourth-order valence-corrected chi connectivity index (χ4v) is 1.87. The summed E-state index contributed by atoms with van der Waals surface area (Å²) in [6.45, 7) is 1.91. The Morgan fingerprint density at radius 2 is 1.67 bits per heavy atom. The number of nitrogens with one attached hydrogen (secondary N) is 1. The summed E-state index contributed by atoms with van der Waals surface area (Å²) >= 11 is 0. The molecule has 0 atom stereocenters. The van der Waals surface area contributed by atoms with Gasteiger partial charge in [0.1, 0.15) is 11.5 Å². The van der Waals surface area contributed by atoms with Gasteiger partial charge in [-0.25, -0.2) is 4.79 Å². The molecule has 1 heterocycles. The van der Waals surface area contributed by atoms with Crippen molar-refractivity contribution in [3.05, 3.63) is 56.2 Å². The molecule has 3 N–H and O–H groups in total. The molecular formula is C14H16N4O3. The molecule has 0 radical (unpaired) electrons. The average Bonchev–Trinajstić information content (AvgIpc) is 2.48. The Kier molecular flexibility index (Phi) is 3.66. The van der Waals surface area contributed by atoms with E-state index in [-0.39, 0.29) is 11.5 Å². The fraction of sp³-hybridized carbons (Fsp3) is 0.214. The van der Waals surface area contributed by atoms with E-state index in [4.69, 9.17) is 5.73 Å². The number of rotatable bonds is 2. The van der Waals surface area contributed by atoms with Crippen LogP contribution in [0.2, 0.25) is 0 Å². The van der Waals surface area contributed by atoms with Gasteiger partial charge < -0.3 is 11.1 Å². The third kappa shape index (κ3) is 2.58. The summed E-state index contributed by atoms with van der Waals surface area (Å²) in [7, 11) is 2.75. The lowest BCUT2D eigenvalue weighted by atomic mass is 10.1. The highest BCUT2D eigenvalue weighted by atomic mass is 16.2. The maximum atomic E-state index is 12.1. The highest BCUT2D eigenvalue weighted by Gasteiger charge is 2.16. The number of benzene rings is 1. The van der Waals surface area contributed by atoms with Crippen molar-refractivity contribution in [2.24, 2.45) is 14.1 Å². The summed E-state index contributed by atoms with van der Waals surface area (Å²) in [5.74, 6) is -0.541. The van der Waals surface area contributed by atoms with Crippen molar-refractivity contribution in [3.63, 3.8) is 0 Å². The number of nitrogen functional groups attached to an aromatic ring is 1. The minimum atomic E-state index is -0.643. The lowest BCUT2D eigenvalue weighted by Crippen LogP contribution is -2.40. The number of anilines is 2. The summed E-state index contributed by atoms with van der Waals surface area (Å²) in [6, 6.07) is 6.87. The molecule has 0 saturated carbocycles. The van der Waals surface area contributed by atoms with Gasteiger partial charge in [-0.05, 0) is 19.1 Å². The minimum Gasteiger partial charge on any atom is -0.383 e. The van der Waals surface area contributed by atoms with E-state index in [2.05, 4.69) is 5.32 Å². The molecule has 0 unspecified atom stereocenters. The molecule has 0 saturated heterocycles. The van der Waals surface area contributed by atoms with Crippen molar-refractivity contribution in [1.82, 2.24) is 9.13 Å². The average molecular weight is 288 g/mol. The monoisotopic (exact) mass is 288 g/mol. The van der Waals surface area contributed by atoms with Crippen molar-refractivity contribution in [1.29, 1.82) is 0 Å². The van der Waals surface area contributed by atoms with Gasteiger partial charge in [0.05, 0.1) is 0 Å². The normalized spacial score (nSPS) is 10.4. The Balaban J connectivity index is 2.45. The predicted octanol–water partition coefficient (Wildman–Crippen LogP) is 0.227. The lowest BCUT2D eigenvalue weighted by molar-refractivity contribution is 0.102. The molecular weight excluding hydrogens is 272 g/mol. The van der Waals surface area contributed by atoms with Crippen LogP contribution in [-0.4, -0.2) is 15.0 Å². The second-order valence-corrected chi connectivity index (χ2v) is 4.79. The summed E-state index contributed by atoms with van der Waals surface area (Å²) < 4.78 is 1.99. The van der Waals surface area contributed by atoms with Crippen LogP contribution in [0.4, 0.5) is 11.5 Å². The number of carbonyl (C=O) groups excluding carboxylic acids is 1. The maximum Gasteiger partial charge on any atom is 0.332 e. The van der Waals surface area contributed by atoms with Crippen molar-refractivity contribution in [2.45, 2.75) is 6.92 Å². The minimum absolute atomic E-state index is 0.0800. The second-order valence-electron chi connectivity index (χ2n) is 4.79. The van der Waals surface area contributed by atoms with E-state index >= 15 is 0 Å². The third-order valence-electron chi connectivity index (χ3n) is 3.26. The molecule has 110 valence electrons. The van der Waals surface area contributed by atoms with Gasteiger partial charge >= 0.3 is 5.69 Å². The molecule has 7 heteroatoms. The van der Waals surface area contributed by atoms with Crippen LogP contribution in [0.25, 0.3) is 0 Å². The topological polar surface area (TPSA) is 99.1 Å². The van der Waals surface area contributed by atoms with Gasteiger partial charge in [-0.3, -0.25) is 18.7 Å². The Morgan fingerprint density at radius 1 is 1.10 bits per heavy atom. The maximum absolute atomic E-state index is 12.1. The molecule has 2 rings (SSSR count). The Hall–Kier alpha value is -2.83. The van der Waals surface area contributed by atoms with E-state index in [0.717, 1.165) is 14.7 Å². The number of nitrogens with zero attached hydrogens (tertiary/aromatic N) is 2. The van der Waals surface area contributed by atoms with Gasteiger partial charge in [-0.15, -0.1) is 0 Å². The summed E-state index contributed by atoms with van der Waals surface area (Å²) in [6.07, 6.45) is 0. The van der Waals surface area contributed by atoms with Gasteiger partial charge in [0.25, 0.3) is 11.5 Å². The lowest BCUT2D eigenvalue weighted by Gasteiger charge is -2.12. The zero-order chi connectivity index (χ0) is 15.7. The van der Waals surface area contributed by atoms with Crippen LogP contribution in [0.1, 0.15) is 15.9 Å². The highest BCUT2D eigenvalue weighted by Crippen LogP contribution is 2.11. The highest BCUT2D eigenvalue weighted by molar-refractivity contribution is 6.05. The largest absolute Gasteiger partial charge is 0.383 e. The van der Waals surface area contributed by atoms with Gasteiger partial charge in [0.15, 0.2) is 0 Å². The van der Waals surface area contributed by atoms with E-state index < -0.39 is 17.2 Å². The first-order valence-corrected chi connectivity index (χ1v) is 6.26. The van der Waals surface area contributed by atoms with Gasteiger partial charge in [0.2, 0.25) is 0 Å². The first-order valence-electron chi connectivity index (χ1n) is 6.26. The number of carbonyl (C=O) groups is 1. The molecule has 0 fully saturated rings. The SMILES string of the molecule is Cc1ccc(C(=O)Nc2c(N)n(C)c(=O)n(C)c2=O)cc1. The first kappa shape index (κ1) is 14.6. The molecule has 0 bridgehead atoms. The first-order chi connectivity index (χ1) is 9.82. The Morgan fingerprint density at radius 3 is 2.24 bits per heavy atom. The van der Waals surface area contributed by atoms with Crippen LogP contribution in [0.15, 0.2) is 33.9 Å². The van der Waals surface area contributed by atoms with Gasteiger partial charge in [-0.2, -0.15) is 0 Å². The number of amides is 1. The molecule has 21 heavy (non-hydrogen) atoms. The third-order valence-corrected chi connectivity index (χ3v) is 3.26. The van der Waals surface area contributed by atoms with Crippen LogP contribution >= 0.6 is 0 Å². The summed E-state index contributed by atoms with van der Waals surface area (Å²) in [5, 5.41) is 2.47. The smallest absolute Gasteiger partial charge is 0.332 e. The van der Waals surface area contributed by atoms with Crippen molar-refractivity contribution in [3.8, 4) is 0 Å². The fourth-order valence-electron chi connectivity index (χ4n) is 1.87. The van der Waals surface area contributed by atoms with Gasteiger partial charge in [-0.1, -0.05) is 17.7 Å². The molecule has 0 aliphatic rings. The van der Waals surface area contributed by atoms with Crippen LogP contribution in [0, 0.1) is 6.92 Å². The van der Waals surface area contributed by atoms with E-state index in [1.807, 2.05) is 6.92 Å². The van der Waals surface area contributed by atoms with E-state index in [9.17, 15) is 14.4 Å². The molecule has 0 aliphatic heterocycles. The molecule has 0 aliphatic carbocycles. The number of aryl methyl sites for hydroxylation is 1. The molecule has 2 aromatic rings. The Bertz CT molecular complexity index is 816. The second kappa shape index (κ2) is 5.28. The zero-order valence-electron chi connectivity index (χ0n) is 12.0. The zero-order valence-corrected chi connectivity index (χ0v) is 12.0. The van der Waals surface area contributed by atoms with E-state index in [1.54, 1.807) is 24.3 Å². The molecule has 1 aromatic heterocycles. The van der Waals surface area contributed by atoms with Crippen LogP contribution in [0.5, 0.6) is 0 Å². The number of aromatic nitrogens is 2. The van der Waals surface area contributed by atoms with Crippen molar-refractivity contribution in [2.75, 3.05) is 11.1 Å². The van der Waals surface area contributed by atoms with E-state index in [1.165, 1.54) is 14.1 Å². The molecule has 7 nitrogen and oxygen atoms in total. The van der Waals surface area contributed by atoms with Crippen LogP contribution < -0.4 is 22.3 Å². The summed E-state index contributed by atoms with van der Waals surface area (Å²) in [5.41, 5.74) is 5.86. The Labute approximate surface area is 120 Å². The standard InChI is InChI=1S/C14H16N4O3/c1-8-4-6-9(7-5-8)12(19)16-10-11(15)17(2)14(21)18(3)13(10)20/h4-7H,15H2,1-3H3,(H,16,19). The molecule has 1 aromatic carbocycles. The number of hydrogen-bond donors (Lipinski definition) is 2. The number of nitrogens with two attached hydrogens (primary N) is 1. The van der Waals surface area contributed by atoms with Crippen LogP contribution in [0.3, 0.4) is 0 Å². The van der Waals surface area contributed by atoms with E-state index in [0.29, 0.717) is 5.56 Å². The van der Waals surface area contributed by atoms with Gasteiger partial charge in [0, 0.05) is 19.7 Å². The molecule has 1 amide bonds. The van der Waals surface area contributed by atoms with Crippen molar-refractivity contribution < 1.29 is 4.79 Å². The predicted molar refractivity (Wildman–Crippen MR) is 80.5 cm³/mol. The quantitative estimate of drug-likeness (QED) is 0.826. The van der Waals surface area contributed by atoms with Crippen LogP contribution in [-0.2, 0) is 14.1 Å². The summed E-state index contributed by atoms with van der Waals surface area (Å²) in [4.78, 5) is 35.9. The van der Waals surface area contributed by atoms with Crippen molar-refractivity contribution >= 4 is 17.4 Å². The molecule has 0 spiro atoms.